The quantitative estimate of drug-likeness (QED) is 0.802. The second kappa shape index (κ2) is 8.82. The summed E-state index contributed by atoms with van der Waals surface area (Å²) in [7, 11) is 0. The maximum atomic E-state index is 12.6. The SMILES string of the molecule is C[C@@H](NC(=O)C[NH+]1CCN(C(=O)c2ccco2)CC1)c1ccc2c(c1)CCCC2. The van der Waals surface area contributed by atoms with Crippen LogP contribution >= 0.6 is 0 Å². The first-order valence-electron chi connectivity index (χ1n) is 10.7. The van der Waals surface area contributed by atoms with Crippen molar-refractivity contribution in [3.05, 3.63) is 59.0 Å². The van der Waals surface area contributed by atoms with Crippen molar-refractivity contribution in [2.24, 2.45) is 0 Å². The molecule has 1 saturated heterocycles. The highest BCUT2D eigenvalue weighted by Crippen LogP contribution is 2.24. The van der Waals surface area contributed by atoms with Crippen LogP contribution in [0.1, 0.15) is 53.1 Å². The Kier molecular flexibility index (Phi) is 6.00. The highest BCUT2D eigenvalue weighted by Gasteiger charge is 2.27. The lowest BCUT2D eigenvalue weighted by Gasteiger charge is -2.31. The van der Waals surface area contributed by atoms with Crippen LogP contribution in [-0.4, -0.2) is 49.4 Å². The predicted molar refractivity (Wildman–Crippen MR) is 110 cm³/mol. The Morgan fingerprint density at radius 3 is 2.62 bits per heavy atom. The van der Waals surface area contributed by atoms with Crippen LogP contribution in [0.2, 0.25) is 0 Å². The zero-order chi connectivity index (χ0) is 20.2. The van der Waals surface area contributed by atoms with Crippen molar-refractivity contribution in [3.8, 4) is 0 Å². The zero-order valence-corrected chi connectivity index (χ0v) is 17.1. The van der Waals surface area contributed by atoms with Gasteiger partial charge in [0, 0.05) is 0 Å². The molecular formula is C23H30N3O3+. The number of nitrogens with zero attached hydrogens (tertiary/aromatic N) is 1. The van der Waals surface area contributed by atoms with Crippen molar-refractivity contribution in [3.63, 3.8) is 0 Å². The summed E-state index contributed by atoms with van der Waals surface area (Å²) in [6, 6.07) is 10.1. The van der Waals surface area contributed by atoms with Crippen molar-refractivity contribution in [1.29, 1.82) is 0 Å². The van der Waals surface area contributed by atoms with Crippen LogP contribution in [0, 0.1) is 0 Å². The molecule has 2 N–H and O–H groups in total. The summed E-state index contributed by atoms with van der Waals surface area (Å²) in [6.07, 6.45) is 6.38. The van der Waals surface area contributed by atoms with E-state index < -0.39 is 0 Å². The Bertz CT molecular complexity index is 854. The van der Waals surface area contributed by atoms with Crippen molar-refractivity contribution in [1.82, 2.24) is 10.2 Å². The van der Waals surface area contributed by atoms with Crippen LogP contribution in [0.5, 0.6) is 0 Å². The van der Waals surface area contributed by atoms with Crippen LogP contribution in [0.25, 0.3) is 0 Å². The molecule has 1 aliphatic carbocycles. The molecule has 6 nitrogen and oxygen atoms in total. The number of carbonyl (C=O) groups is 2. The first-order valence-corrected chi connectivity index (χ1v) is 10.7. The van der Waals surface area contributed by atoms with Gasteiger partial charge >= 0.3 is 0 Å². The highest BCUT2D eigenvalue weighted by atomic mass is 16.3. The Hall–Kier alpha value is -2.60. The maximum Gasteiger partial charge on any atom is 0.289 e. The van der Waals surface area contributed by atoms with E-state index in [1.54, 1.807) is 17.0 Å². The van der Waals surface area contributed by atoms with Crippen LogP contribution in [0.4, 0.5) is 0 Å². The molecule has 1 atom stereocenters. The van der Waals surface area contributed by atoms with Gasteiger partial charge in [-0.3, -0.25) is 9.59 Å². The molecule has 1 fully saturated rings. The fourth-order valence-electron chi connectivity index (χ4n) is 4.38. The number of fused-ring (bicyclic) bond motifs is 1. The Morgan fingerprint density at radius 2 is 1.90 bits per heavy atom. The third-order valence-corrected chi connectivity index (χ3v) is 6.15. The summed E-state index contributed by atoms with van der Waals surface area (Å²) >= 11 is 0. The normalized spacial score (nSPS) is 18.2. The lowest BCUT2D eigenvalue weighted by Crippen LogP contribution is -3.15. The molecule has 0 radical (unpaired) electrons. The molecule has 1 aromatic carbocycles. The van der Waals surface area contributed by atoms with Gasteiger partial charge < -0.3 is 19.5 Å². The minimum absolute atomic E-state index is 0.0101. The van der Waals surface area contributed by atoms with E-state index in [0.29, 0.717) is 25.4 Å². The predicted octanol–water partition coefficient (Wildman–Crippen LogP) is 1.38. The number of rotatable bonds is 5. The van der Waals surface area contributed by atoms with E-state index in [1.165, 1.54) is 47.1 Å². The number of aryl methyl sites for hydroxylation is 2. The molecule has 29 heavy (non-hydrogen) atoms. The van der Waals surface area contributed by atoms with Gasteiger partial charge in [-0.2, -0.15) is 0 Å². The summed E-state index contributed by atoms with van der Waals surface area (Å²) in [5.41, 5.74) is 4.09. The molecule has 154 valence electrons. The Morgan fingerprint density at radius 1 is 1.14 bits per heavy atom. The Balaban J connectivity index is 1.25. The van der Waals surface area contributed by atoms with Gasteiger partial charge in [-0.1, -0.05) is 18.2 Å². The average Bonchev–Trinajstić information content (AvgIpc) is 3.28. The number of nitrogens with one attached hydrogen (secondary N) is 2. The van der Waals surface area contributed by atoms with Gasteiger partial charge in [-0.25, -0.2) is 0 Å². The number of amides is 2. The molecule has 0 unspecified atom stereocenters. The minimum atomic E-state index is -0.0699. The molecular weight excluding hydrogens is 366 g/mol. The number of carbonyl (C=O) groups excluding carboxylic acids is 2. The third-order valence-electron chi connectivity index (χ3n) is 6.15. The molecule has 2 aliphatic rings. The van der Waals surface area contributed by atoms with Crippen LogP contribution in [0.15, 0.2) is 41.0 Å². The summed E-state index contributed by atoms with van der Waals surface area (Å²) in [5, 5.41) is 3.15. The molecule has 0 saturated carbocycles. The lowest BCUT2D eigenvalue weighted by molar-refractivity contribution is -0.896. The number of hydrogen-bond acceptors (Lipinski definition) is 3. The maximum absolute atomic E-state index is 12.6. The Labute approximate surface area is 171 Å². The van der Waals surface area contributed by atoms with Crippen LogP contribution in [0.3, 0.4) is 0 Å². The zero-order valence-electron chi connectivity index (χ0n) is 17.1. The fraction of sp³-hybridized carbons (Fsp3) is 0.478. The first kappa shape index (κ1) is 19.7. The third kappa shape index (κ3) is 4.70. The first-order chi connectivity index (χ1) is 14.1. The smallest absolute Gasteiger partial charge is 0.289 e. The van der Waals surface area contributed by atoms with Gasteiger partial charge in [0.05, 0.1) is 38.5 Å². The molecule has 0 spiro atoms. The van der Waals surface area contributed by atoms with E-state index in [1.807, 2.05) is 0 Å². The van der Waals surface area contributed by atoms with E-state index in [-0.39, 0.29) is 17.9 Å². The molecule has 2 aromatic rings. The molecule has 1 aromatic heterocycles. The van der Waals surface area contributed by atoms with E-state index in [4.69, 9.17) is 4.42 Å². The van der Waals surface area contributed by atoms with Crippen LogP contribution < -0.4 is 10.2 Å². The summed E-state index contributed by atoms with van der Waals surface area (Å²) in [6.45, 7) is 5.32. The molecule has 1 aliphatic heterocycles. The van der Waals surface area contributed by atoms with Gasteiger partial charge in [0.25, 0.3) is 11.8 Å². The number of piperazine rings is 1. The number of quaternary nitrogens is 1. The van der Waals surface area contributed by atoms with Gasteiger partial charge in [-0.05, 0) is 61.4 Å². The van der Waals surface area contributed by atoms with Gasteiger partial charge in [0.2, 0.25) is 0 Å². The fourth-order valence-corrected chi connectivity index (χ4v) is 4.38. The minimum Gasteiger partial charge on any atom is -0.459 e. The number of benzene rings is 1. The van der Waals surface area contributed by atoms with Crippen LogP contribution in [-0.2, 0) is 17.6 Å². The molecule has 0 bridgehead atoms. The average molecular weight is 397 g/mol. The molecule has 4 rings (SSSR count). The lowest BCUT2D eigenvalue weighted by atomic mass is 9.89. The van der Waals surface area contributed by atoms with Crippen molar-refractivity contribution < 1.29 is 18.9 Å². The molecule has 2 heterocycles. The summed E-state index contributed by atoms with van der Waals surface area (Å²) < 4.78 is 5.20. The van der Waals surface area contributed by atoms with Crippen molar-refractivity contribution >= 4 is 11.8 Å². The summed E-state index contributed by atoms with van der Waals surface area (Å²) in [4.78, 5) is 27.9. The second-order valence-electron chi connectivity index (χ2n) is 8.22. The topological polar surface area (TPSA) is 67.0 Å². The standard InChI is InChI=1S/C23H29N3O3/c1-17(19-9-8-18-5-2-3-6-20(18)15-19)24-22(27)16-25-10-12-26(13-11-25)23(28)21-7-4-14-29-21/h4,7-9,14-15,17H,2-3,5-6,10-13,16H2,1H3,(H,24,27)/p+1/t17-/m1/s1. The summed E-state index contributed by atoms with van der Waals surface area (Å²) in [5.74, 6) is 0.376. The monoisotopic (exact) mass is 396 g/mol. The largest absolute Gasteiger partial charge is 0.459 e. The van der Waals surface area contributed by atoms with Gasteiger partial charge in [0.15, 0.2) is 12.3 Å². The van der Waals surface area contributed by atoms with E-state index in [2.05, 4.69) is 30.4 Å². The van der Waals surface area contributed by atoms with Crippen molar-refractivity contribution in [2.75, 3.05) is 32.7 Å². The second-order valence-corrected chi connectivity index (χ2v) is 8.22. The highest BCUT2D eigenvalue weighted by molar-refractivity contribution is 5.91. The van der Waals surface area contributed by atoms with E-state index in [0.717, 1.165) is 19.5 Å². The van der Waals surface area contributed by atoms with Crippen molar-refractivity contribution in [2.45, 2.75) is 38.6 Å². The number of furan rings is 1. The number of hydrogen-bond donors (Lipinski definition) is 2. The van der Waals surface area contributed by atoms with Gasteiger partial charge in [0.1, 0.15) is 0 Å². The molecule has 6 heteroatoms. The van der Waals surface area contributed by atoms with Gasteiger partial charge in [-0.15, -0.1) is 0 Å². The molecule has 2 amide bonds. The van der Waals surface area contributed by atoms with E-state index >= 15 is 0 Å². The van der Waals surface area contributed by atoms with E-state index in [9.17, 15) is 9.59 Å².